The summed E-state index contributed by atoms with van der Waals surface area (Å²) in [5.74, 6) is 0.0466. The van der Waals surface area contributed by atoms with Crippen LogP contribution in [0.1, 0.15) is 30.9 Å². The lowest BCUT2D eigenvalue weighted by molar-refractivity contribution is -0.138. The lowest BCUT2D eigenvalue weighted by Crippen LogP contribution is -2.49. The Morgan fingerprint density at radius 2 is 1.85 bits per heavy atom. The second-order valence-electron chi connectivity index (χ2n) is 6.38. The number of rotatable bonds is 6. The number of nitrogens with one attached hydrogen (secondary N) is 2. The number of halogens is 3. The molecule has 0 atom stereocenters. The molecule has 0 bridgehead atoms. The topological polar surface area (TPSA) is 78.5 Å². The fourth-order valence-electron chi connectivity index (χ4n) is 3.02. The molecule has 1 aromatic rings. The summed E-state index contributed by atoms with van der Waals surface area (Å²) in [6.45, 7) is 2.35. The minimum Gasteiger partial charge on any atom is -0.338 e. The van der Waals surface area contributed by atoms with E-state index in [-0.39, 0.29) is 30.3 Å². The van der Waals surface area contributed by atoms with Gasteiger partial charge in [-0.1, -0.05) is 18.2 Å². The molecule has 0 saturated carbocycles. The van der Waals surface area contributed by atoms with Crippen LogP contribution in [0.25, 0.3) is 0 Å². The molecule has 2 rings (SSSR count). The van der Waals surface area contributed by atoms with Gasteiger partial charge in [-0.15, -0.1) is 0 Å². The molecular weight excluding hydrogens is 383 g/mol. The van der Waals surface area contributed by atoms with Crippen molar-refractivity contribution in [3.63, 3.8) is 0 Å². The Hall–Kier alpha value is -1.81. The number of nitrogens with zero attached hydrogens (tertiary/aromatic N) is 1. The summed E-state index contributed by atoms with van der Waals surface area (Å²) in [6.07, 6.45) is -3.35. The molecule has 0 aromatic heterocycles. The van der Waals surface area contributed by atoms with Gasteiger partial charge in [-0.05, 0) is 37.8 Å². The number of hydrogen-bond acceptors (Lipinski definition) is 3. The van der Waals surface area contributed by atoms with Crippen molar-refractivity contribution in [2.45, 2.75) is 38.4 Å². The van der Waals surface area contributed by atoms with Crippen LogP contribution < -0.4 is 10.6 Å². The summed E-state index contributed by atoms with van der Waals surface area (Å²) in [5, 5.41) is 5.31. The number of piperidine rings is 1. The monoisotopic (exact) mass is 407 g/mol. The second-order valence-corrected chi connectivity index (χ2v) is 8.64. The quantitative estimate of drug-likeness (QED) is 0.760. The summed E-state index contributed by atoms with van der Waals surface area (Å²) in [4.78, 5) is 11.9. The van der Waals surface area contributed by atoms with Gasteiger partial charge in [0.05, 0.1) is 11.3 Å². The summed E-state index contributed by atoms with van der Waals surface area (Å²) in [7, 11) is -3.22. The maximum atomic E-state index is 12.9. The summed E-state index contributed by atoms with van der Waals surface area (Å²) in [5.41, 5.74) is -0.569. The van der Waals surface area contributed by atoms with E-state index in [9.17, 15) is 26.4 Å². The zero-order valence-corrected chi connectivity index (χ0v) is 15.9. The molecule has 1 aromatic carbocycles. The summed E-state index contributed by atoms with van der Waals surface area (Å²) < 4.78 is 63.8. The van der Waals surface area contributed by atoms with Gasteiger partial charge in [0.25, 0.3) is 0 Å². The number of amides is 2. The third-order valence-electron chi connectivity index (χ3n) is 4.55. The second kappa shape index (κ2) is 8.92. The zero-order chi connectivity index (χ0) is 20.1. The van der Waals surface area contributed by atoms with Crippen molar-refractivity contribution < 1.29 is 26.4 Å². The van der Waals surface area contributed by atoms with Crippen LogP contribution in [0.15, 0.2) is 24.3 Å². The average molecular weight is 407 g/mol. The lowest BCUT2D eigenvalue weighted by Gasteiger charge is -2.31. The largest absolute Gasteiger partial charge is 0.416 e. The number of benzene rings is 1. The standard InChI is InChI=1S/C17H24F3N3O3S/c1-2-27(25,26)23-11-8-14(9-12-23)22-16(24)21-10-7-13-5-3-4-6-15(13)17(18,19)20/h3-6,14H,2,7-12H2,1H3,(H2,21,22,24). The normalized spacial score (nSPS) is 16.9. The molecular formula is C17H24F3N3O3S. The molecule has 27 heavy (non-hydrogen) atoms. The van der Waals surface area contributed by atoms with E-state index in [1.807, 2.05) is 0 Å². The van der Waals surface area contributed by atoms with E-state index < -0.39 is 27.8 Å². The molecule has 1 aliphatic heterocycles. The molecule has 2 amide bonds. The van der Waals surface area contributed by atoms with Crippen LogP contribution in [0.5, 0.6) is 0 Å². The first kappa shape index (κ1) is 21.5. The van der Waals surface area contributed by atoms with Gasteiger partial charge in [0.15, 0.2) is 0 Å². The van der Waals surface area contributed by atoms with Crippen molar-refractivity contribution >= 4 is 16.1 Å². The Balaban J connectivity index is 1.77. The highest BCUT2D eigenvalue weighted by molar-refractivity contribution is 7.89. The average Bonchev–Trinajstić information content (AvgIpc) is 2.62. The molecule has 0 unspecified atom stereocenters. The van der Waals surface area contributed by atoms with E-state index in [2.05, 4.69) is 10.6 Å². The van der Waals surface area contributed by atoms with Gasteiger partial charge in [0, 0.05) is 25.7 Å². The van der Waals surface area contributed by atoms with Gasteiger partial charge in [-0.2, -0.15) is 13.2 Å². The number of alkyl halides is 3. The molecule has 2 N–H and O–H groups in total. The van der Waals surface area contributed by atoms with Crippen molar-refractivity contribution in [3.8, 4) is 0 Å². The summed E-state index contributed by atoms with van der Waals surface area (Å²) in [6, 6.07) is 4.66. The molecule has 6 nitrogen and oxygen atoms in total. The van der Waals surface area contributed by atoms with E-state index in [0.29, 0.717) is 25.9 Å². The van der Waals surface area contributed by atoms with Crippen molar-refractivity contribution in [2.24, 2.45) is 0 Å². The van der Waals surface area contributed by atoms with Gasteiger partial charge in [-0.25, -0.2) is 17.5 Å². The van der Waals surface area contributed by atoms with Crippen LogP contribution in [-0.4, -0.2) is 50.2 Å². The van der Waals surface area contributed by atoms with Gasteiger partial charge in [0.2, 0.25) is 10.0 Å². The SMILES string of the molecule is CCS(=O)(=O)N1CCC(NC(=O)NCCc2ccccc2C(F)(F)F)CC1. The molecule has 1 fully saturated rings. The van der Waals surface area contributed by atoms with Crippen LogP contribution >= 0.6 is 0 Å². The molecule has 0 aliphatic carbocycles. The number of carbonyl (C=O) groups is 1. The Labute approximate surface area is 157 Å². The van der Waals surface area contributed by atoms with Crippen molar-refractivity contribution in [3.05, 3.63) is 35.4 Å². The number of urea groups is 1. The first-order valence-corrected chi connectivity index (χ1v) is 10.4. The van der Waals surface area contributed by atoms with Gasteiger partial charge >= 0.3 is 12.2 Å². The molecule has 1 aliphatic rings. The van der Waals surface area contributed by atoms with Gasteiger partial charge in [0.1, 0.15) is 0 Å². The predicted octanol–water partition coefficient (Wildman–Crippen LogP) is 2.36. The molecule has 0 radical (unpaired) electrons. The maximum Gasteiger partial charge on any atom is 0.416 e. The minimum absolute atomic E-state index is 0.0466. The first-order chi connectivity index (χ1) is 12.6. The first-order valence-electron chi connectivity index (χ1n) is 8.80. The van der Waals surface area contributed by atoms with Crippen LogP contribution in [0.2, 0.25) is 0 Å². The maximum absolute atomic E-state index is 12.9. The fourth-order valence-corrected chi connectivity index (χ4v) is 4.16. The highest BCUT2D eigenvalue weighted by Crippen LogP contribution is 2.31. The number of carbonyl (C=O) groups excluding carboxylic acids is 1. The van der Waals surface area contributed by atoms with E-state index in [4.69, 9.17) is 0 Å². The highest BCUT2D eigenvalue weighted by Gasteiger charge is 2.32. The third-order valence-corrected chi connectivity index (χ3v) is 6.43. The van der Waals surface area contributed by atoms with Crippen LogP contribution in [-0.2, 0) is 22.6 Å². The van der Waals surface area contributed by atoms with Crippen LogP contribution in [0, 0.1) is 0 Å². The number of hydrogen-bond donors (Lipinski definition) is 2. The van der Waals surface area contributed by atoms with Crippen molar-refractivity contribution in [2.75, 3.05) is 25.4 Å². The van der Waals surface area contributed by atoms with E-state index >= 15 is 0 Å². The van der Waals surface area contributed by atoms with Crippen molar-refractivity contribution in [1.82, 2.24) is 14.9 Å². The zero-order valence-electron chi connectivity index (χ0n) is 15.1. The van der Waals surface area contributed by atoms with E-state index in [0.717, 1.165) is 6.07 Å². The lowest BCUT2D eigenvalue weighted by atomic mass is 10.0. The molecule has 0 spiro atoms. The van der Waals surface area contributed by atoms with Crippen molar-refractivity contribution in [1.29, 1.82) is 0 Å². The molecule has 10 heteroatoms. The van der Waals surface area contributed by atoms with Gasteiger partial charge < -0.3 is 10.6 Å². The molecule has 152 valence electrons. The van der Waals surface area contributed by atoms with E-state index in [1.54, 1.807) is 6.92 Å². The van der Waals surface area contributed by atoms with Gasteiger partial charge in [-0.3, -0.25) is 0 Å². The Morgan fingerprint density at radius 3 is 2.44 bits per heavy atom. The van der Waals surface area contributed by atoms with E-state index in [1.165, 1.54) is 22.5 Å². The Bertz CT molecular complexity index is 745. The molecule has 1 heterocycles. The Kier molecular flexibility index (Phi) is 7.10. The van der Waals surface area contributed by atoms with Crippen LogP contribution in [0.3, 0.4) is 0 Å². The fraction of sp³-hybridized carbons (Fsp3) is 0.588. The minimum atomic E-state index is -4.42. The smallest absolute Gasteiger partial charge is 0.338 e. The Morgan fingerprint density at radius 1 is 1.22 bits per heavy atom. The highest BCUT2D eigenvalue weighted by atomic mass is 32.2. The van der Waals surface area contributed by atoms with Crippen LogP contribution in [0.4, 0.5) is 18.0 Å². The summed E-state index contributed by atoms with van der Waals surface area (Å²) >= 11 is 0. The number of sulfonamides is 1. The predicted molar refractivity (Wildman–Crippen MR) is 95.7 cm³/mol. The molecule has 1 saturated heterocycles. The third kappa shape index (κ3) is 6.10.